The summed E-state index contributed by atoms with van der Waals surface area (Å²) in [7, 11) is 0. The Morgan fingerprint density at radius 1 is 1.08 bits per heavy atom. The van der Waals surface area contributed by atoms with Crippen molar-refractivity contribution in [3.63, 3.8) is 0 Å². The summed E-state index contributed by atoms with van der Waals surface area (Å²) >= 11 is 0. The van der Waals surface area contributed by atoms with Gasteiger partial charge in [0, 0.05) is 24.7 Å². The van der Waals surface area contributed by atoms with Crippen LogP contribution in [-0.2, 0) is 16.1 Å². The first kappa shape index (κ1) is 26.0. The van der Waals surface area contributed by atoms with Crippen molar-refractivity contribution in [2.75, 3.05) is 12.3 Å². The third-order valence-corrected chi connectivity index (χ3v) is 6.64. The number of carboxylic acid groups (broad SMARTS) is 1. The van der Waals surface area contributed by atoms with E-state index in [1.807, 2.05) is 65.4 Å². The number of rotatable bonds is 6. The van der Waals surface area contributed by atoms with Gasteiger partial charge in [0.15, 0.2) is 0 Å². The van der Waals surface area contributed by atoms with Crippen LogP contribution in [0.2, 0.25) is 0 Å². The molecule has 3 N–H and O–H groups in total. The molecule has 202 valence electrons. The van der Waals surface area contributed by atoms with E-state index in [2.05, 4.69) is 9.97 Å². The summed E-state index contributed by atoms with van der Waals surface area (Å²) in [5, 5.41) is 10.5. The van der Waals surface area contributed by atoms with E-state index in [0.717, 1.165) is 22.4 Å². The largest absolute Gasteiger partial charge is 0.489 e. The Balaban J connectivity index is 1.44. The van der Waals surface area contributed by atoms with Gasteiger partial charge < -0.3 is 24.9 Å². The van der Waals surface area contributed by atoms with Crippen LogP contribution in [0.25, 0.3) is 22.2 Å². The highest BCUT2D eigenvalue weighted by atomic mass is 16.6. The number of ether oxygens (including phenoxy) is 2. The van der Waals surface area contributed by atoms with E-state index in [9.17, 15) is 14.7 Å². The lowest BCUT2D eigenvalue weighted by atomic mass is 10.1. The fourth-order valence-corrected chi connectivity index (χ4v) is 4.85. The van der Waals surface area contributed by atoms with Gasteiger partial charge in [-0.1, -0.05) is 42.5 Å². The summed E-state index contributed by atoms with van der Waals surface area (Å²) in [4.78, 5) is 34.8. The average molecular weight is 530 g/mol. The van der Waals surface area contributed by atoms with Crippen LogP contribution in [0.1, 0.15) is 38.8 Å². The number of nitrogens with zero attached hydrogens (tertiary/aromatic N) is 4. The molecule has 1 aliphatic heterocycles. The molecule has 1 amide bonds. The molecule has 0 aliphatic carbocycles. The number of nitrogen functional groups attached to an aromatic ring is 1. The minimum atomic E-state index is -1.08. The molecule has 1 fully saturated rings. The fraction of sp³-hybridized carbons (Fsp3) is 0.310. The van der Waals surface area contributed by atoms with Crippen molar-refractivity contribution in [2.45, 2.75) is 51.5 Å². The highest BCUT2D eigenvalue weighted by Gasteiger charge is 2.43. The number of nitrogens with two attached hydrogens (primary N) is 1. The SMILES string of the molecule is CC(C)(C)OC(=O)N1C[C@H](n2cc(-c3ccc(OCc4ccccc4)cc3)c3c(N)ncnc32)C[C@@H]1C(=O)O. The number of benzene rings is 2. The number of carbonyl (C=O) groups excluding carboxylic acids is 1. The van der Waals surface area contributed by atoms with E-state index in [1.165, 1.54) is 11.2 Å². The lowest BCUT2D eigenvalue weighted by molar-refractivity contribution is -0.142. The summed E-state index contributed by atoms with van der Waals surface area (Å²) in [6.45, 7) is 5.86. The number of aliphatic carboxylic acids is 1. The van der Waals surface area contributed by atoms with Crippen molar-refractivity contribution in [2.24, 2.45) is 0 Å². The predicted octanol–water partition coefficient (Wildman–Crippen LogP) is 4.89. The standard InChI is InChI=1S/C29H31N5O5/c1-29(2,3)39-28(37)34-14-20(13-23(34)27(35)36)33-15-22(24-25(30)31-17-32-26(24)33)19-9-11-21(12-10-19)38-16-18-7-5-4-6-8-18/h4-12,15,17,20,23H,13-14,16H2,1-3H3,(H,35,36)(H2,30,31,32)/t20-,23-/m1/s1. The molecule has 1 aliphatic rings. The zero-order valence-electron chi connectivity index (χ0n) is 22.1. The molecule has 5 rings (SSSR count). The van der Waals surface area contributed by atoms with E-state index in [0.29, 0.717) is 23.5 Å². The van der Waals surface area contributed by atoms with Gasteiger partial charge in [0.05, 0.1) is 11.4 Å². The molecular formula is C29H31N5O5. The number of fused-ring (bicyclic) bond motifs is 1. The first-order valence-electron chi connectivity index (χ1n) is 12.7. The van der Waals surface area contributed by atoms with Crippen LogP contribution in [0.5, 0.6) is 5.75 Å². The molecular weight excluding hydrogens is 498 g/mol. The molecule has 0 saturated carbocycles. The minimum Gasteiger partial charge on any atom is -0.489 e. The van der Waals surface area contributed by atoms with Gasteiger partial charge >= 0.3 is 12.1 Å². The quantitative estimate of drug-likeness (QED) is 0.361. The smallest absolute Gasteiger partial charge is 0.411 e. The normalized spacial score (nSPS) is 17.4. The van der Waals surface area contributed by atoms with Crippen LogP contribution in [0.15, 0.2) is 67.1 Å². The first-order valence-corrected chi connectivity index (χ1v) is 12.7. The molecule has 10 heteroatoms. The van der Waals surface area contributed by atoms with Crippen molar-refractivity contribution in [3.8, 4) is 16.9 Å². The van der Waals surface area contributed by atoms with Crippen LogP contribution in [0.4, 0.5) is 10.6 Å². The van der Waals surface area contributed by atoms with Crippen LogP contribution >= 0.6 is 0 Å². The highest BCUT2D eigenvalue weighted by Crippen LogP contribution is 2.38. The molecule has 3 heterocycles. The lowest BCUT2D eigenvalue weighted by Gasteiger charge is -2.26. The molecule has 39 heavy (non-hydrogen) atoms. The molecule has 1 saturated heterocycles. The van der Waals surface area contributed by atoms with Gasteiger partial charge in [0.1, 0.15) is 41.8 Å². The van der Waals surface area contributed by atoms with Gasteiger partial charge in [-0.05, 0) is 44.0 Å². The predicted molar refractivity (Wildman–Crippen MR) is 146 cm³/mol. The van der Waals surface area contributed by atoms with Gasteiger partial charge in [0.2, 0.25) is 0 Å². The molecule has 2 aromatic heterocycles. The molecule has 0 unspecified atom stereocenters. The summed E-state index contributed by atoms with van der Waals surface area (Å²) < 4.78 is 13.3. The maximum Gasteiger partial charge on any atom is 0.411 e. The van der Waals surface area contributed by atoms with Gasteiger partial charge in [-0.2, -0.15) is 0 Å². The van der Waals surface area contributed by atoms with Crippen molar-refractivity contribution in [3.05, 3.63) is 72.7 Å². The molecule has 4 aromatic rings. The van der Waals surface area contributed by atoms with Crippen LogP contribution in [0, 0.1) is 0 Å². The third kappa shape index (κ3) is 5.50. The van der Waals surface area contributed by atoms with Gasteiger partial charge in [-0.15, -0.1) is 0 Å². The second-order valence-electron chi connectivity index (χ2n) is 10.6. The monoisotopic (exact) mass is 529 g/mol. The van der Waals surface area contributed by atoms with Crippen molar-refractivity contribution >= 4 is 28.9 Å². The van der Waals surface area contributed by atoms with Crippen LogP contribution in [-0.4, -0.2) is 54.8 Å². The Kier molecular flexibility index (Phi) is 6.86. The number of amides is 1. The lowest BCUT2D eigenvalue weighted by Crippen LogP contribution is -2.43. The Morgan fingerprint density at radius 3 is 2.46 bits per heavy atom. The van der Waals surface area contributed by atoms with Crippen molar-refractivity contribution < 1.29 is 24.2 Å². The van der Waals surface area contributed by atoms with Gasteiger partial charge in [-0.25, -0.2) is 19.6 Å². The number of carboxylic acids is 1. The van der Waals surface area contributed by atoms with E-state index < -0.39 is 23.7 Å². The number of carbonyl (C=O) groups is 2. The molecule has 2 atom stereocenters. The summed E-state index contributed by atoms with van der Waals surface area (Å²) in [6, 6.07) is 16.2. The van der Waals surface area contributed by atoms with E-state index in [1.54, 1.807) is 20.8 Å². The van der Waals surface area contributed by atoms with E-state index in [-0.39, 0.29) is 19.0 Å². The van der Waals surface area contributed by atoms with E-state index >= 15 is 0 Å². The second kappa shape index (κ2) is 10.3. The third-order valence-electron chi connectivity index (χ3n) is 6.64. The Labute approximate surface area is 226 Å². The molecule has 0 bridgehead atoms. The summed E-state index contributed by atoms with van der Waals surface area (Å²) in [5.41, 5.74) is 8.89. The fourth-order valence-electron chi connectivity index (χ4n) is 4.85. The van der Waals surface area contributed by atoms with Gasteiger partial charge in [-0.3, -0.25) is 4.90 Å². The average Bonchev–Trinajstić information content (AvgIpc) is 3.51. The van der Waals surface area contributed by atoms with E-state index in [4.69, 9.17) is 15.2 Å². The molecule has 10 nitrogen and oxygen atoms in total. The molecule has 2 aromatic carbocycles. The number of hydrogen-bond donors (Lipinski definition) is 2. The Hall–Kier alpha value is -4.60. The summed E-state index contributed by atoms with van der Waals surface area (Å²) in [5.74, 6) is -0.0427. The second-order valence-corrected chi connectivity index (χ2v) is 10.6. The van der Waals surface area contributed by atoms with Gasteiger partial charge in [0.25, 0.3) is 0 Å². The Bertz CT molecular complexity index is 1490. The van der Waals surface area contributed by atoms with Crippen LogP contribution < -0.4 is 10.5 Å². The zero-order chi connectivity index (χ0) is 27.7. The maximum absolute atomic E-state index is 12.8. The summed E-state index contributed by atoms with van der Waals surface area (Å²) in [6.07, 6.45) is 2.83. The van der Waals surface area contributed by atoms with Crippen LogP contribution in [0.3, 0.4) is 0 Å². The number of hydrogen-bond acceptors (Lipinski definition) is 7. The zero-order valence-corrected chi connectivity index (χ0v) is 22.1. The minimum absolute atomic E-state index is 0.158. The maximum atomic E-state index is 12.8. The van der Waals surface area contributed by atoms with Crippen molar-refractivity contribution in [1.29, 1.82) is 0 Å². The number of aromatic nitrogens is 3. The Morgan fingerprint density at radius 2 is 1.79 bits per heavy atom. The molecule has 0 spiro atoms. The number of likely N-dealkylation sites (tertiary alicyclic amines) is 1. The topological polar surface area (TPSA) is 133 Å². The first-order chi connectivity index (χ1) is 18.6. The van der Waals surface area contributed by atoms with Crippen molar-refractivity contribution in [1.82, 2.24) is 19.4 Å². The number of anilines is 1. The molecule has 0 radical (unpaired) electrons. The highest BCUT2D eigenvalue weighted by molar-refractivity contribution is 6.00.